The third kappa shape index (κ3) is 5.96. The second-order valence-corrected chi connectivity index (χ2v) is 11.0. The molecule has 37 heavy (non-hydrogen) atoms. The van der Waals surface area contributed by atoms with Crippen LogP contribution < -0.4 is 0 Å². The first-order valence-electron chi connectivity index (χ1n) is 12.3. The summed E-state index contributed by atoms with van der Waals surface area (Å²) in [6, 6.07) is 11.7. The number of thiazole rings is 1. The molecule has 192 valence electrons. The standard InChI is InChI=1S/C27H30N6O3S/c1-27(2,3)36-26(35)33(16-23-29-20-8-4-5-9-21(20)30-23)14-11-24-31-22(17-37-24)25(34)32-13-10-19-18(15-32)7-6-12-28-19/h4-9,12,17H,10-11,13-16H2,1-3H3,(H,29,30). The minimum Gasteiger partial charge on any atom is -0.444 e. The summed E-state index contributed by atoms with van der Waals surface area (Å²) in [7, 11) is 0. The lowest BCUT2D eigenvalue weighted by Gasteiger charge is -2.27. The van der Waals surface area contributed by atoms with E-state index < -0.39 is 11.7 Å². The van der Waals surface area contributed by atoms with E-state index in [1.54, 1.807) is 16.5 Å². The molecule has 4 aromatic rings. The maximum absolute atomic E-state index is 13.1. The highest BCUT2D eigenvalue weighted by Gasteiger charge is 2.26. The number of para-hydroxylation sites is 2. The fourth-order valence-corrected chi connectivity index (χ4v) is 5.04. The van der Waals surface area contributed by atoms with E-state index in [4.69, 9.17) is 4.74 Å². The number of amides is 2. The Morgan fingerprint density at radius 1 is 1.16 bits per heavy atom. The molecule has 3 aromatic heterocycles. The van der Waals surface area contributed by atoms with Crippen LogP contribution >= 0.6 is 11.3 Å². The molecule has 0 fully saturated rings. The molecule has 1 N–H and O–H groups in total. The number of imidazole rings is 1. The van der Waals surface area contributed by atoms with Gasteiger partial charge in [0.25, 0.3) is 5.91 Å². The van der Waals surface area contributed by atoms with E-state index in [1.165, 1.54) is 11.3 Å². The Morgan fingerprint density at radius 3 is 2.81 bits per heavy atom. The maximum atomic E-state index is 13.1. The number of carbonyl (C=O) groups excluding carboxylic acids is 2. The van der Waals surface area contributed by atoms with E-state index in [0.29, 0.717) is 37.6 Å². The lowest BCUT2D eigenvalue weighted by Crippen LogP contribution is -2.38. The summed E-state index contributed by atoms with van der Waals surface area (Å²) in [5, 5.41) is 2.59. The van der Waals surface area contributed by atoms with Crippen LogP contribution in [0.4, 0.5) is 4.79 Å². The van der Waals surface area contributed by atoms with Gasteiger partial charge in [-0.1, -0.05) is 18.2 Å². The van der Waals surface area contributed by atoms with Crippen LogP contribution in [0.5, 0.6) is 0 Å². The van der Waals surface area contributed by atoms with E-state index >= 15 is 0 Å². The van der Waals surface area contributed by atoms with Crippen molar-refractivity contribution in [2.45, 2.75) is 52.3 Å². The minimum atomic E-state index is -0.618. The summed E-state index contributed by atoms with van der Waals surface area (Å²) in [6.07, 6.45) is 2.62. The van der Waals surface area contributed by atoms with E-state index in [2.05, 4.69) is 19.9 Å². The summed E-state index contributed by atoms with van der Waals surface area (Å²) >= 11 is 1.43. The van der Waals surface area contributed by atoms with Crippen LogP contribution in [0, 0.1) is 0 Å². The van der Waals surface area contributed by atoms with Crippen LogP contribution in [-0.2, 0) is 30.7 Å². The van der Waals surface area contributed by atoms with Crippen LogP contribution in [0.2, 0.25) is 0 Å². The average molecular weight is 519 g/mol. The van der Waals surface area contributed by atoms with Crippen LogP contribution in [0.3, 0.4) is 0 Å². The van der Waals surface area contributed by atoms with Crippen molar-refractivity contribution in [1.82, 2.24) is 29.7 Å². The van der Waals surface area contributed by atoms with Crippen molar-refractivity contribution in [3.8, 4) is 0 Å². The molecule has 1 aliphatic rings. The third-order valence-corrected chi connectivity index (χ3v) is 6.96. The number of carbonyl (C=O) groups is 2. The van der Waals surface area contributed by atoms with Gasteiger partial charge in [-0.2, -0.15) is 0 Å². The number of ether oxygens (including phenoxy) is 1. The maximum Gasteiger partial charge on any atom is 0.410 e. The van der Waals surface area contributed by atoms with Crippen molar-refractivity contribution in [3.05, 3.63) is 75.8 Å². The molecule has 4 heterocycles. The Bertz CT molecular complexity index is 1390. The zero-order valence-electron chi connectivity index (χ0n) is 21.2. The quantitative estimate of drug-likeness (QED) is 0.400. The predicted molar refractivity (Wildman–Crippen MR) is 141 cm³/mol. The molecular weight excluding hydrogens is 488 g/mol. The van der Waals surface area contributed by atoms with Gasteiger partial charge < -0.3 is 19.5 Å². The Hall–Kier alpha value is -3.79. The Kier molecular flexibility index (Phi) is 6.92. The highest BCUT2D eigenvalue weighted by atomic mass is 32.1. The molecule has 1 aromatic carbocycles. The largest absolute Gasteiger partial charge is 0.444 e. The van der Waals surface area contributed by atoms with Gasteiger partial charge in [0.1, 0.15) is 17.1 Å². The zero-order chi connectivity index (χ0) is 26.0. The molecule has 5 rings (SSSR count). The molecule has 0 radical (unpaired) electrons. The number of hydrogen-bond acceptors (Lipinski definition) is 7. The molecule has 0 aliphatic carbocycles. The molecule has 0 atom stereocenters. The van der Waals surface area contributed by atoms with E-state index in [1.807, 2.05) is 62.1 Å². The molecule has 10 heteroatoms. The Balaban J connectivity index is 1.26. The molecule has 0 bridgehead atoms. The van der Waals surface area contributed by atoms with Crippen LogP contribution in [0.1, 0.15) is 53.3 Å². The molecule has 1 aliphatic heterocycles. The summed E-state index contributed by atoms with van der Waals surface area (Å²) in [4.78, 5) is 46.4. The van der Waals surface area contributed by atoms with Gasteiger partial charge in [0.15, 0.2) is 0 Å². The fraction of sp³-hybridized carbons (Fsp3) is 0.370. The normalized spacial score (nSPS) is 13.4. The van der Waals surface area contributed by atoms with Gasteiger partial charge in [0.05, 0.1) is 22.6 Å². The van der Waals surface area contributed by atoms with Crippen molar-refractivity contribution >= 4 is 34.4 Å². The fourth-order valence-electron chi connectivity index (χ4n) is 4.28. The molecule has 0 saturated carbocycles. The van der Waals surface area contributed by atoms with Gasteiger partial charge in [-0.15, -0.1) is 11.3 Å². The van der Waals surface area contributed by atoms with Gasteiger partial charge >= 0.3 is 6.09 Å². The zero-order valence-corrected chi connectivity index (χ0v) is 22.0. The number of H-pyrrole nitrogens is 1. The number of aromatic amines is 1. The summed E-state index contributed by atoms with van der Waals surface area (Å²) in [5.41, 5.74) is 3.72. The minimum absolute atomic E-state index is 0.0803. The molecule has 0 spiro atoms. The monoisotopic (exact) mass is 518 g/mol. The lowest BCUT2D eigenvalue weighted by molar-refractivity contribution is 0.0231. The predicted octanol–water partition coefficient (Wildman–Crippen LogP) is 4.59. The number of nitrogens with one attached hydrogen (secondary N) is 1. The number of benzene rings is 1. The van der Waals surface area contributed by atoms with Gasteiger partial charge in [-0.05, 0) is 44.5 Å². The number of rotatable bonds is 6. The number of hydrogen-bond donors (Lipinski definition) is 1. The Morgan fingerprint density at radius 2 is 2.00 bits per heavy atom. The number of fused-ring (bicyclic) bond motifs is 2. The van der Waals surface area contributed by atoms with Gasteiger partial charge in [-0.25, -0.2) is 14.8 Å². The molecule has 0 saturated heterocycles. The second kappa shape index (κ2) is 10.3. The van der Waals surface area contributed by atoms with Crippen molar-refractivity contribution in [1.29, 1.82) is 0 Å². The smallest absolute Gasteiger partial charge is 0.410 e. The molecule has 9 nitrogen and oxygen atoms in total. The van der Waals surface area contributed by atoms with Crippen LogP contribution in [0.25, 0.3) is 11.0 Å². The summed E-state index contributed by atoms with van der Waals surface area (Å²) in [5.74, 6) is 0.602. The van der Waals surface area contributed by atoms with E-state index in [9.17, 15) is 9.59 Å². The second-order valence-electron chi connectivity index (χ2n) is 10.1. The van der Waals surface area contributed by atoms with E-state index in [0.717, 1.165) is 33.7 Å². The summed E-state index contributed by atoms with van der Waals surface area (Å²) in [6.45, 7) is 7.37. The van der Waals surface area contributed by atoms with Gasteiger partial charge in [0.2, 0.25) is 0 Å². The first-order chi connectivity index (χ1) is 17.7. The van der Waals surface area contributed by atoms with Gasteiger partial charge in [-0.3, -0.25) is 9.78 Å². The van der Waals surface area contributed by atoms with Crippen molar-refractivity contribution < 1.29 is 14.3 Å². The van der Waals surface area contributed by atoms with Gasteiger partial charge in [0, 0.05) is 49.7 Å². The topological polar surface area (TPSA) is 104 Å². The average Bonchev–Trinajstić information content (AvgIpc) is 3.51. The molecule has 2 amide bonds. The van der Waals surface area contributed by atoms with Crippen molar-refractivity contribution in [2.24, 2.45) is 0 Å². The van der Waals surface area contributed by atoms with Crippen molar-refractivity contribution in [3.63, 3.8) is 0 Å². The SMILES string of the molecule is CC(C)(C)OC(=O)N(CCc1nc(C(=O)N2CCc3ncccc3C2)cs1)Cc1nc2ccccc2[nH]1. The van der Waals surface area contributed by atoms with Crippen LogP contribution in [-0.4, -0.2) is 60.4 Å². The highest BCUT2D eigenvalue weighted by molar-refractivity contribution is 7.09. The van der Waals surface area contributed by atoms with Crippen molar-refractivity contribution in [2.75, 3.05) is 13.1 Å². The lowest BCUT2D eigenvalue weighted by atomic mass is 10.1. The molecule has 0 unspecified atom stereocenters. The highest BCUT2D eigenvalue weighted by Crippen LogP contribution is 2.21. The van der Waals surface area contributed by atoms with E-state index in [-0.39, 0.29) is 12.5 Å². The molecular formula is C27H30N6O3S. The first kappa shape index (κ1) is 24.9. The third-order valence-electron chi connectivity index (χ3n) is 6.05. The number of pyridine rings is 1. The summed E-state index contributed by atoms with van der Waals surface area (Å²) < 4.78 is 5.65. The number of aromatic nitrogens is 4. The van der Waals surface area contributed by atoms with Crippen LogP contribution in [0.15, 0.2) is 48.0 Å². The first-order valence-corrected chi connectivity index (χ1v) is 13.2. The number of nitrogens with zero attached hydrogens (tertiary/aromatic N) is 5. The Labute approximate surface area is 219 Å².